The summed E-state index contributed by atoms with van der Waals surface area (Å²) in [5, 5.41) is 16.1. The number of carboxylic acids is 1. The van der Waals surface area contributed by atoms with Gasteiger partial charge in [-0.2, -0.15) is 5.10 Å². The van der Waals surface area contributed by atoms with Gasteiger partial charge in [0.25, 0.3) is 0 Å². The number of hydrogen-bond acceptors (Lipinski definition) is 3. The van der Waals surface area contributed by atoms with Crippen LogP contribution in [0.4, 0.5) is 0 Å². The molecule has 0 amide bonds. The molecule has 0 aliphatic heterocycles. The molecule has 5 nitrogen and oxygen atoms in total. The number of nitrogens with one attached hydrogen (secondary N) is 1. The number of aliphatic carboxylic acids is 1. The summed E-state index contributed by atoms with van der Waals surface area (Å²) >= 11 is 0. The molecule has 20 heavy (non-hydrogen) atoms. The van der Waals surface area contributed by atoms with E-state index in [0.717, 1.165) is 12.1 Å². The van der Waals surface area contributed by atoms with Crippen molar-refractivity contribution in [2.24, 2.45) is 0 Å². The molecule has 106 valence electrons. The van der Waals surface area contributed by atoms with E-state index in [1.54, 1.807) is 0 Å². The van der Waals surface area contributed by atoms with Crippen molar-refractivity contribution >= 4 is 5.97 Å². The summed E-state index contributed by atoms with van der Waals surface area (Å²) in [6, 6.07) is 10.2. The third-order valence-electron chi connectivity index (χ3n) is 2.95. The highest BCUT2D eigenvalue weighted by atomic mass is 16.4. The highest BCUT2D eigenvalue weighted by molar-refractivity contribution is 5.66. The monoisotopic (exact) mass is 273 g/mol. The quantitative estimate of drug-likeness (QED) is 0.721. The highest BCUT2D eigenvalue weighted by Gasteiger charge is 2.00. The number of nitrogens with zero attached hydrogens (tertiary/aromatic N) is 2. The minimum Gasteiger partial charge on any atom is -0.481 e. The van der Waals surface area contributed by atoms with Gasteiger partial charge in [-0.1, -0.05) is 30.3 Å². The van der Waals surface area contributed by atoms with Crippen LogP contribution < -0.4 is 5.32 Å². The minimum atomic E-state index is -0.748. The highest BCUT2D eigenvalue weighted by Crippen LogP contribution is 2.03. The maximum absolute atomic E-state index is 10.4. The van der Waals surface area contributed by atoms with Gasteiger partial charge in [-0.05, 0) is 18.5 Å². The molecule has 0 aliphatic carbocycles. The molecule has 0 saturated heterocycles. The number of hydrogen-bond donors (Lipinski definition) is 2. The number of benzene rings is 1. The maximum Gasteiger partial charge on any atom is 0.303 e. The normalized spacial score (nSPS) is 10.6. The molecule has 1 aromatic heterocycles. The van der Waals surface area contributed by atoms with E-state index >= 15 is 0 Å². The van der Waals surface area contributed by atoms with Crippen LogP contribution in [0.3, 0.4) is 0 Å². The van der Waals surface area contributed by atoms with Crippen molar-refractivity contribution in [1.29, 1.82) is 0 Å². The SMILES string of the molecule is O=C(O)CCCNCc1cnn(Cc2ccccc2)c1. The summed E-state index contributed by atoms with van der Waals surface area (Å²) in [6.07, 6.45) is 4.71. The van der Waals surface area contributed by atoms with Gasteiger partial charge in [0.05, 0.1) is 12.7 Å². The summed E-state index contributed by atoms with van der Waals surface area (Å²) in [6.45, 7) is 2.18. The Morgan fingerprint density at radius 1 is 1.25 bits per heavy atom. The molecule has 2 N–H and O–H groups in total. The molecule has 0 saturated carbocycles. The van der Waals surface area contributed by atoms with Gasteiger partial charge < -0.3 is 10.4 Å². The van der Waals surface area contributed by atoms with Crippen molar-refractivity contribution in [1.82, 2.24) is 15.1 Å². The lowest BCUT2D eigenvalue weighted by molar-refractivity contribution is -0.137. The molecule has 2 rings (SSSR count). The van der Waals surface area contributed by atoms with Gasteiger partial charge in [0, 0.05) is 24.7 Å². The van der Waals surface area contributed by atoms with Gasteiger partial charge in [-0.15, -0.1) is 0 Å². The molecule has 1 aromatic carbocycles. The average molecular weight is 273 g/mol. The molecule has 0 bridgehead atoms. The van der Waals surface area contributed by atoms with Crippen molar-refractivity contribution in [2.75, 3.05) is 6.54 Å². The van der Waals surface area contributed by atoms with Crippen LogP contribution in [0.2, 0.25) is 0 Å². The molecular weight excluding hydrogens is 254 g/mol. The largest absolute Gasteiger partial charge is 0.481 e. The summed E-state index contributed by atoms with van der Waals surface area (Å²) < 4.78 is 1.91. The Morgan fingerprint density at radius 2 is 2.05 bits per heavy atom. The van der Waals surface area contributed by atoms with Gasteiger partial charge in [0.2, 0.25) is 0 Å². The zero-order valence-electron chi connectivity index (χ0n) is 11.3. The van der Waals surface area contributed by atoms with Gasteiger partial charge in [0.1, 0.15) is 0 Å². The lowest BCUT2D eigenvalue weighted by Crippen LogP contribution is -2.15. The first-order valence-corrected chi connectivity index (χ1v) is 6.72. The Balaban J connectivity index is 1.73. The summed E-state index contributed by atoms with van der Waals surface area (Å²) in [7, 11) is 0. The number of rotatable bonds is 8. The third kappa shape index (κ3) is 4.85. The smallest absolute Gasteiger partial charge is 0.303 e. The van der Waals surface area contributed by atoms with Crippen molar-refractivity contribution < 1.29 is 9.90 Å². The molecule has 0 radical (unpaired) electrons. The molecule has 0 aliphatic rings. The fourth-order valence-electron chi connectivity index (χ4n) is 1.95. The molecular formula is C15H19N3O2. The Hall–Kier alpha value is -2.14. The van der Waals surface area contributed by atoms with Crippen LogP contribution >= 0.6 is 0 Å². The zero-order chi connectivity index (χ0) is 14.2. The zero-order valence-corrected chi connectivity index (χ0v) is 11.3. The first kappa shape index (κ1) is 14.3. The molecule has 0 spiro atoms. The van der Waals surface area contributed by atoms with E-state index in [-0.39, 0.29) is 6.42 Å². The Morgan fingerprint density at radius 3 is 2.80 bits per heavy atom. The van der Waals surface area contributed by atoms with Crippen LogP contribution in [0.5, 0.6) is 0 Å². The van der Waals surface area contributed by atoms with Crippen LogP contribution in [-0.4, -0.2) is 27.4 Å². The second-order valence-electron chi connectivity index (χ2n) is 4.71. The van der Waals surface area contributed by atoms with E-state index in [9.17, 15) is 4.79 Å². The second kappa shape index (κ2) is 7.45. The molecule has 0 atom stereocenters. The Labute approximate surface area is 118 Å². The van der Waals surface area contributed by atoms with E-state index in [0.29, 0.717) is 19.5 Å². The number of carboxylic acid groups (broad SMARTS) is 1. The first-order chi connectivity index (χ1) is 9.74. The van der Waals surface area contributed by atoms with Crippen molar-refractivity contribution in [2.45, 2.75) is 25.9 Å². The van der Waals surface area contributed by atoms with Crippen molar-refractivity contribution in [3.05, 3.63) is 53.9 Å². The molecule has 0 unspecified atom stereocenters. The summed E-state index contributed by atoms with van der Waals surface area (Å²) in [5.74, 6) is -0.748. The average Bonchev–Trinajstić information content (AvgIpc) is 2.87. The predicted octanol–water partition coefficient (Wildman–Crippen LogP) is 1.89. The fourth-order valence-corrected chi connectivity index (χ4v) is 1.95. The lowest BCUT2D eigenvalue weighted by atomic mass is 10.2. The minimum absolute atomic E-state index is 0.209. The third-order valence-corrected chi connectivity index (χ3v) is 2.95. The molecule has 5 heteroatoms. The van der Waals surface area contributed by atoms with Crippen molar-refractivity contribution in [3.63, 3.8) is 0 Å². The fraction of sp³-hybridized carbons (Fsp3) is 0.333. The van der Waals surface area contributed by atoms with Crippen LogP contribution in [-0.2, 0) is 17.9 Å². The molecule has 2 aromatic rings. The summed E-state index contributed by atoms with van der Waals surface area (Å²) in [4.78, 5) is 10.4. The molecule has 1 heterocycles. The van der Waals surface area contributed by atoms with Gasteiger partial charge in [-0.25, -0.2) is 0 Å². The summed E-state index contributed by atoms with van der Waals surface area (Å²) in [5.41, 5.74) is 2.33. The van der Waals surface area contributed by atoms with Gasteiger partial charge in [-0.3, -0.25) is 9.48 Å². The van der Waals surface area contributed by atoms with Crippen LogP contribution in [0, 0.1) is 0 Å². The van der Waals surface area contributed by atoms with E-state index in [4.69, 9.17) is 5.11 Å². The van der Waals surface area contributed by atoms with Crippen LogP contribution in [0.1, 0.15) is 24.0 Å². The number of aromatic nitrogens is 2. The van der Waals surface area contributed by atoms with Gasteiger partial charge in [0.15, 0.2) is 0 Å². The van der Waals surface area contributed by atoms with E-state index in [2.05, 4.69) is 22.5 Å². The van der Waals surface area contributed by atoms with E-state index in [1.165, 1.54) is 5.56 Å². The van der Waals surface area contributed by atoms with Crippen LogP contribution in [0.15, 0.2) is 42.7 Å². The maximum atomic E-state index is 10.4. The Kier molecular flexibility index (Phi) is 5.32. The lowest BCUT2D eigenvalue weighted by Gasteiger charge is -2.02. The predicted molar refractivity (Wildman–Crippen MR) is 76.3 cm³/mol. The topological polar surface area (TPSA) is 67.2 Å². The van der Waals surface area contributed by atoms with E-state index in [1.807, 2.05) is 35.3 Å². The molecule has 0 fully saturated rings. The van der Waals surface area contributed by atoms with Crippen molar-refractivity contribution in [3.8, 4) is 0 Å². The standard InChI is InChI=1S/C15H19N3O2/c19-15(20)7-4-8-16-9-14-10-17-18(12-14)11-13-5-2-1-3-6-13/h1-3,5-6,10,12,16H,4,7-9,11H2,(H,19,20). The van der Waals surface area contributed by atoms with E-state index < -0.39 is 5.97 Å². The second-order valence-corrected chi connectivity index (χ2v) is 4.71. The van der Waals surface area contributed by atoms with Crippen LogP contribution in [0.25, 0.3) is 0 Å². The number of carbonyl (C=O) groups is 1. The Bertz CT molecular complexity index is 537. The first-order valence-electron chi connectivity index (χ1n) is 6.72. The van der Waals surface area contributed by atoms with Gasteiger partial charge >= 0.3 is 5.97 Å².